The lowest BCUT2D eigenvalue weighted by Crippen LogP contribution is -2.47. The molecule has 8 nitrogen and oxygen atoms in total. The number of nitrogens with one attached hydrogen (secondary N) is 2. The molecule has 0 radical (unpaired) electrons. The molecule has 2 saturated heterocycles. The number of morpholine rings is 1. The van der Waals surface area contributed by atoms with Gasteiger partial charge in [0, 0.05) is 39.8 Å². The van der Waals surface area contributed by atoms with Crippen LogP contribution in [0.5, 0.6) is 11.5 Å². The van der Waals surface area contributed by atoms with Gasteiger partial charge in [-0.3, -0.25) is 9.89 Å². The van der Waals surface area contributed by atoms with E-state index in [4.69, 9.17) is 14.2 Å². The SMILES string of the molecule is CN=C(NCC1CCCN(C)C1)NCC(c1ccc(OC)c(OC)c1)N1CCOCC1. The Labute approximate surface area is 186 Å². The number of nitrogens with zero attached hydrogens (tertiary/aromatic N) is 3. The molecule has 31 heavy (non-hydrogen) atoms. The molecular weight excluding hydrogens is 394 g/mol. The van der Waals surface area contributed by atoms with Crippen molar-refractivity contribution in [3.05, 3.63) is 23.8 Å². The molecule has 2 aliphatic heterocycles. The van der Waals surface area contributed by atoms with Crippen LogP contribution in [-0.2, 0) is 4.74 Å². The predicted octanol–water partition coefficient (Wildman–Crippen LogP) is 1.58. The van der Waals surface area contributed by atoms with Gasteiger partial charge in [-0.2, -0.15) is 0 Å². The van der Waals surface area contributed by atoms with Gasteiger partial charge in [-0.25, -0.2) is 0 Å². The van der Waals surface area contributed by atoms with E-state index in [0.717, 1.165) is 63.4 Å². The minimum atomic E-state index is 0.183. The fraction of sp³-hybridized carbons (Fsp3) is 0.696. The van der Waals surface area contributed by atoms with Crippen molar-refractivity contribution in [3.63, 3.8) is 0 Å². The lowest BCUT2D eigenvalue weighted by atomic mass is 9.98. The summed E-state index contributed by atoms with van der Waals surface area (Å²) in [6.07, 6.45) is 2.55. The molecule has 2 heterocycles. The molecule has 2 aliphatic rings. The van der Waals surface area contributed by atoms with Gasteiger partial charge in [-0.05, 0) is 50.0 Å². The standard InChI is InChI=1S/C23H39N5O3/c1-24-23(25-15-18-6-5-9-27(2)17-18)26-16-20(28-10-12-31-13-11-28)19-7-8-21(29-3)22(14-19)30-4/h7-8,14,18,20H,5-6,9-13,15-17H2,1-4H3,(H2,24,25,26). The van der Waals surface area contributed by atoms with Crippen LogP contribution in [-0.4, -0.2) is 96.6 Å². The smallest absolute Gasteiger partial charge is 0.191 e. The molecule has 1 aromatic rings. The Kier molecular flexibility index (Phi) is 9.24. The van der Waals surface area contributed by atoms with Crippen molar-refractivity contribution in [2.45, 2.75) is 18.9 Å². The van der Waals surface area contributed by atoms with Crippen LogP contribution in [0.4, 0.5) is 0 Å². The predicted molar refractivity (Wildman–Crippen MR) is 124 cm³/mol. The second-order valence-corrected chi connectivity index (χ2v) is 8.38. The fourth-order valence-electron chi connectivity index (χ4n) is 4.50. The second-order valence-electron chi connectivity index (χ2n) is 8.38. The van der Waals surface area contributed by atoms with Crippen molar-refractivity contribution in [3.8, 4) is 11.5 Å². The fourth-order valence-corrected chi connectivity index (χ4v) is 4.50. The molecule has 2 fully saturated rings. The minimum absolute atomic E-state index is 0.183. The normalized spacial score (nSPS) is 22.1. The summed E-state index contributed by atoms with van der Waals surface area (Å²) in [5.74, 6) is 3.02. The maximum atomic E-state index is 5.58. The van der Waals surface area contributed by atoms with E-state index in [2.05, 4.69) is 44.6 Å². The molecule has 0 saturated carbocycles. The number of rotatable bonds is 8. The first-order valence-corrected chi connectivity index (χ1v) is 11.3. The molecule has 0 bridgehead atoms. The summed E-state index contributed by atoms with van der Waals surface area (Å²) in [5, 5.41) is 7.09. The van der Waals surface area contributed by atoms with E-state index in [0.29, 0.717) is 5.92 Å². The van der Waals surface area contributed by atoms with E-state index in [1.807, 2.05) is 13.1 Å². The van der Waals surface area contributed by atoms with Crippen LogP contribution < -0.4 is 20.1 Å². The van der Waals surface area contributed by atoms with Gasteiger partial charge in [-0.15, -0.1) is 0 Å². The maximum absolute atomic E-state index is 5.58. The monoisotopic (exact) mass is 433 g/mol. The van der Waals surface area contributed by atoms with Crippen molar-refractivity contribution < 1.29 is 14.2 Å². The van der Waals surface area contributed by atoms with Crippen LogP contribution in [0.2, 0.25) is 0 Å². The zero-order chi connectivity index (χ0) is 22.1. The number of methoxy groups -OCH3 is 2. The zero-order valence-corrected chi connectivity index (χ0v) is 19.5. The highest BCUT2D eigenvalue weighted by Gasteiger charge is 2.24. The van der Waals surface area contributed by atoms with E-state index < -0.39 is 0 Å². The molecule has 0 aliphatic carbocycles. The van der Waals surface area contributed by atoms with Crippen LogP contribution in [0.1, 0.15) is 24.4 Å². The summed E-state index contributed by atoms with van der Waals surface area (Å²) in [7, 11) is 7.38. The van der Waals surface area contributed by atoms with Crippen LogP contribution in [0.15, 0.2) is 23.2 Å². The van der Waals surface area contributed by atoms with Crippen molar-refractivity contribution in [2.75, 3.05) is 80.8 Å². The topological polar surface area (TPSA) is 70.6 Å². The molecule has 2 N–H and O–H groups in total. The zero-order valence-electron chi connectivity index (χ0n) is 19.5. The molecule has 0 amide bonds. The third-order valence-electron chi connectivity index (χ3n) is 6.25. The van der Waals surface area contributed by atoms with Crippen LogP contribution >= 0.6 is 0 Å². The quantitative estimate of drug-likeness (QED) is 0.477. The number of hydrogen-bond donors (Lipinski definition) is 2. The highest BCUT2D eigenvalue weighted by molar-refractivity contribution is 5.79. The minimum Gasteiger partial charge on any atom is -0.493 e. The van der Waals surface area contributed by atoms with Gasteiger partial charge >= 0.3 is 0 Å². The number of likely N-dealkylation sites (tertiary alicyclic amines) is 1. The summed E-state index contributed by atoms with van der Waals surface area (Å²) in [4.78, 5) is 9.33. The van der Waals surface area contributed by atoms with Crippen molar-refractivity contribution in [2.24, 2.45) is 10.9 Å². The number of hydrogen-bond acceptors (Lipinski definition) is 6. The Morgan fingerprint density at radius 3 is 2.61 bits per heavy atom. The number of ether oxygens (including phenoxy) is 3. The summed E-state index contributed by atoms with van der Waals surface area (Å²) in [6, 6.07) is 6.36. The summed E-state index contributed by atoms with van der Waals surface area (Å²) in [5.41, 5.74) is 1.19. The molecule has 3 rings (SSSR count). The molecule has 2 unspecified atom stereocenters. The number of aliphatic imine (C=N–C) groups is 1. The lowest BCUT2D eigenvalue weighted by molar-refractivity contribution is 0.0169. The summed E-state index contributed by atoms with van der Waals surface area (Å²) >= 11 is 0. The van der Waals surface area contributed by atoms with E-state index in [9.17, 15) is 0 Å². The van der Waals surface area contributed by atoms with Crippen molar-refractivity contribution in [1.82, 2.24) is 20.4 Å². The Morgan fingerprint density at radius 1 is 1.16 bits per heavy atom. The van der Waals surface area contributed by atoms with Gasteiger partial charge in [0.2, 0.25) is 0 Å². The molecule has 0 aromatic heterocycles. The number of piperidine rings is 1. The largest absolute Gasteiger partial charge is 0.493 e. The summed E-state index contributed by atoms with van der Waals surface area (Å²) < 4.78 is 16.6. The molecule has 2 atom stereocenters. The molecule has 1 aromatic carbocycles. The van der Waals surface area contributed by atoms with E-state index in [-0.39, 0.29) is 6.04 Å². The highest BCUT2D eigenvalue weighted by Crippen LogP contribution is 2.32. The first-order chi connectivity index (χ1) is 15.1. The lowest BCUT2D eigenvalue weighted by Gasteiger charge is -2.35. The molecule has 174 valence electrons. The van der Waals surface area contributed by atoms with E-state index in [1.165, 1.54) is 24.9 Å². The average Bonchev–Trinajstić information content (AvgIpc) is 2.81. The third kappa shape index (κ3) is 6.72. The number of guanidine groups is 1. The van der Waals surface area contributed by atoms with E-state index >= 15 is 0 Å². The van der Waals surface area contributed by atoms with Crippen molar-refractivity contribution >= 4 is 5.96 Å². The van der Waals surface area contributed by atoms with Crippen LogP contribution in [0.25, 0.3) is 0 Å². The second kappa shape index (κ2) is 12.1. The maximum Gasteiger partial charge on any atom is 0.191 e. The molecule has 0 spiro atoms. The highest BCUT2D eigenvalue weighted by atomic mass is 16.5. The first-order valence-electron chi connectivity index (χ1n) is 11.3. The number of benzene rings is 1. The van der Waals surface area contributed by atoms with Gasteiger partial charge in [-0.1, -0.05) is 6.07 Å². The van der Waals surface area contributed by atoms with Gasteiger partial charge in [0.25, 0.3) is 0 Å². The summed E-state index contributed by atoms with van der Waals surface area (Å²) in [6.45, 7) is 7.37. The van der Waals surface area contributed by atoms with Crippen LogP contribution in [0.3, 0.4) is 0 Å². The van der Waals surface area contributed by atoms with Crippen LogP contribution in [0, 0.1) is 5.92 Å². The Morgan fingerprint density at radius 2 is 1.94 bits per heavy atom. The van der Waals surface area contributed by atoms with Crippen molar-refractivity contribution in [1.29, 1.82) is 0 Å². The van der Waals surface area contributed by atoms with Gasteiger partial charge < -0.3 is 29.7 Å². The molecule has 8 heteroatoms. The third-order valence-corrected chi connectivity index (χ3v) is 6.25. The first kappa shape index (κ1) is 23.6. The van der Waals surface area contributed by atoms with Gasteiger partial charge in [0.15, 0.2) is 17.5 Å². The molecular formula is C23H39N5O3. The Balaban J connectivity index is 1.65. The average molecular weight is 434 g/mol. The Bertz CT molecular complexity index is 708. The van der Waals surface area contributed by atoms with Gasteiger partial charge in [0.05, 0.1) is 33.5 Å². The Hall–Kier alpha value is -2.03. The van der Waals surface area contributed by atoms with Gasteiger partial charge in [0.1, 0.15) is 0 Å². The van der Waals surface area contributed by atoms with E-state index in [1.54, 1.807) is 14.2 Å².